The molecule has 0 fully saturated rings. The summed E-state index contributed by atoms with van der Waals surface area (Å²) < 4.78 is 36.5. The van der Waals surface area contributed by atoms with Crippen molar-refractivity contribution in [3.63, 3.8) is 0 Å². The highest BCUT2D eigenvalue weighted by atomic mass is 32.2. The van der Waals surface area contributed by atoms with Crippen molar-refractivity contribution in [3.05, 3.63) is 54.7 Å². The Balaban J connectivity index is 1.95. The summed E-state index contributed by atoms with van der Waals surface area (Å²) >= 11 is 1.29. The second-order valence-electron chi connectivity index (χ2n) is 6.87. The Hall–Kier alpha value is -3.07. The minimum Gasteiger partial charge on any atom is -0.497 e. The summed E-state index contributed by atoms with van der Waals surface area (Å²) in [5.74, 6) is 0.893. The van der Waals surface area contributed by atoms with E-state index in [2.05, 4.69) is 15.0 Å². The SMILES string of the molecule is COc1ccc(-c2cnc(SCC(=O)NC(C)C)n2-c2ccc(OC(F)F)cc2)cc1. The third-order valence-corrected chi connectivity index (χ3v) is 5.17. The van der Waals surface area contributed by atoms with Crippen molar-refractivity contribution in [1.29, 1.82) is 0 Å². The lowest BCUT2D eigenvalue weighted by Gasteiger charge is -2.14. The van der Waals surface area contributed by atoms with Crippen molar-refractivity contribution in [2.75, 3.05) is 12.9 Å². The second-order valence-corrected chi connectivity index (χ2v) is 7.82. The van der Waals surface area contributed by atoms with E-state index in [1.807, 2.05) is 42.7 Å². The summed E-state index contributed by atoms with van der Waals surface area (Å²) in [6.07, 6.45) is 1.72. The van der Waals surface area contributed by atoms with E-state index in [1.54, 1.807) is 25.4 Å². The van der Waals surface area contributed by atoms with Crippen molar-refractivity contribution in [2.24, 2.45) is 0 Å². The van der Waals surface area contributed by atoms with Gasteiger partial charge >= 0.3 is 6.61 Å². The largest absolute Gasteiger partial charge is 0.497 e. The number of rotatable bonds is 9. The van der Waals surface area contributed by atoms with Gasteiger partial charge in [0.1, 0.15) is 11.5 Å². The Morgan fingerprint density at radius 2 is 1.74 bits per heavy atom. The lowest BCUT2D eigenvalue weighted by molar-refractivity contribution is -0.119. The van der Waals surface area contributed by atoms with Crippen LogP contribution in [0, 0.1) is 0 Å². The molecular formula is C22H23F2N3O3S. The number of ether oxygens (including phenoxy) is 2. The van der Waals surface area contributed by atoms with E-state index in [0.717, 1.165) is 17.0 Å². The average molecular weight is 448 g/mol. The highest BCUT2D eigenvalue weighted by molar-refractivity contribution is 7.99. The van der Waals surface area contributed by atoms with E-state index >= 15 is 0 Å². The smallest absolute Gasteiger partial charge is 0.387 e. The van der Waals surface area contributed by atoms with Crippen molar-refractivity contribution < 1.29 is 23.0 Å². The van der Waals surface area contributed by atoms with Crippen LogP contribution in [0.1, 0.15) is 13.8 Å². The van der Waals surface area contributed by atoms with Crippen molar-refractivity contribution in [2.45, 2.75) is 31.7 Å². The van der Waals surface area contributed by atoms with Crippen LogP contribution in [0.3, 0.4) is 0 Å². The number of hydrogen-bond donors (Lipinski definition) is 1. The standard InChI is InChI=1S/C22H23F2N3O3S/c1-14(2)26-20(28)13-31-22-25-12-19(15-4-8-17(29-3)9-5-15)27(22)16-6-10-18(11-7-16)30-21(23)24/h4-12,14,21H,13H2,1-3H3,(H,26,28). The molecule has 0 unspecified atom stereocenters. The molecule has 0 aliphatic rings. The summed E-state index contributed by atoms with van der Waals surface area (Å²) in [6.45, 7) is 0.905. The Morgan fingerprint density at radius 1 is 1.10 bits per heavy atom. The molecule has 3 aromatic rings. The molecule has 0 radical (unpaired) electrons. The first-order valence-electron chi connectivity index (χ1n) is 9.57. The highest BCUT2D eigenvalue weighted by Gasteiger charge is 2.16. The number of nitrogens with one attached hydrogen (secondary N) is 1. The molecule has 1 amide bonds. The number of imidazole rings is 1. The Bertz CT molecular complexity index is 1010. The molecule has 1 aromatic heterocycles. The zero-order chi connectivity index (χ0) is 22.4. The van der Waals surface area contributed by atoms with Gasteiger partial charge in [0.25, 0.3) is 0 Å². The molecule has 0 aliphatic carbocycles. The van der Waals surface area contributed by atoms with Crippen LogP contribution in [0.15, 0.2) is 59.9 Å². The lowest BCUT2D eigenvalue weighted by atomic mass is 10.1. The van der Waals surface area contributed by atoms with Gasteiger partial charge in [-0.15, -0.1) is 0 Å². The van der Waals surface area contributed by atoms with Gasteiger partial charge in [-0.3, -0.25) is 9.36 Å². The highest BCUT2D eigenvalue weighted by Crippen LogP contribution is 2.31. The maximum Gasteiger partial charge on any atom is 0.387 e. The summed E-state index contributed by atoms with van der Waals surface area (Å²) in [7, 11) is 1.60. The van der Waals surface area contributed by atoms with Gasteiger partial charge in [-0.1, -0.05) is 11.8 Å². The summed E-state index contributed by atoms with van der Waals surface area (Å²) in [5.41, 5.74) is 2.38. The molecule has 6 nitrogen and oxygen atoms in total. The Labute approximate surface area is 183 Å². The van der Waals surface area contributed by atoms with E-state index in [9.17, 15) is 13.6 Å². The maximum absolute atomic E-state index is 12.5. The van der Waals surface area contributed by atoms with Crippen molar-refractivity contribution >= 4 is 17.7 Å². The quantitative estimate of drug-likeness (QED) is 0.479. The number of nitrogens with zero attached hydrogens (tertiary/aromatic N) is 2. The predicted octanol–water partition coefficient (Wildman–Crippen LogP) is 4.77. The van der Waals surface area contributed by atoms with Gasteiger partial charge in [-0.25, -0.2) is 4.98 Å². The molecule has 1 heterocycles. The van der Waals surface area contributed by atoms with Gasteiger partial charge in [0.2, 0.25) is 5.91 Å². The molecule has 2 aromatic carbocycles. The predicted molar refractivity (Wildman–Crippen MR) is 116 cm³/mol. The molecule has 0 atom stereocenters. The van der Waals surface area contributed by atoms with E-state index in [4.69, 9.17) is 4.74 Å². The van der Waals surface area contributed by atoms with Crippen LogP contribution >= 0.6 is 11.8 Å². The van der Waals surface area contributed by atoms with Gasteiger partial charge in [-0.05, 0) is 62.4 Å². The molecule has 9 heteroatoms. The number of amides is 1. The molecule has 0 saturated carbocycles. The first-order valence-corrected chi connectivity index (χ1v) is 10.6. The number of hydrogen-bond acceptors (Lipinski definition) is 5. The minimum atomic E-state index is -2.89. The number of aromatic nitrogens is 2. The van der Waals surface area contributed by atoms with Crippen LogP contribution < -0.4 is 14.8 Å². The van der Waals surface area contributed by atoms with Gasteiger partial charge in [0.05, 0.1) is 24.8 Å². The van der Waals surface area contributed by atoms with Gasteiger partial charge < -0.3 is 14.8 Å². The first kappa shape index (κ1) is 22.6. The van der Waals surface area contributed by atoms with Crippen LogP contribution in [0.25, 0.3) is 16.9 Å². The Morgan fingerprint density at radius 3 is 2.32 bits per heavy atom. The van der Waals surface area contributed by atoms with Gasteiger partial charge in [-0.2, -0.15) is 8.78 Å². The van der Waals surface area contributed by atoms with Gasteiger partial charge in [0, 0.05) is 17.3 Å². The normalized spacial score (nSPS) is 11.1. The van der Waals surface area contributed by atoms with E-state index in [0.29, 0.717) is 10.8 Å². The molecule has 3 rings (SSSR count). The fourth-order valence-electron chi connectivity index (χ4n) is 2.92. The molecular weight excluding hydrogens is 424 g/mol. The zero-order valence-electron chi connectivity index (χ0n) is 17.3. The molecule has 0 saturated heterocycles. The second kappa shape index (κ2) is 10.3. The topological polar surface area (TPSA) is 65.4 Å². The molecule has 31 heavy (non-hydrogen) atoms. The summed E-state index contributed by atoms with van der Waals surface area (Å²) in [4.78, 5) is 16.6. The van der Waals surface area contributed by atoms with Crippen LogP contribution in [-0.4, -0.2) is 41.0 Å². The van der Waals surface area contributed by atoms with E-state index in [1.165, 1.54) is 23.9 Å². The minimum absolute atomic E-state index is 0.0464. The first-order chi connectivity index (χ1) is 14.9. The third-order valence-electron chi connectivity index (χ3n) is 4.22. The molecule has 0 spiro atoms. The average Bonchev–Trinajstić information content (AvgIpc) is 3.16. The van der Waals surface area contributed by atoms with Crippen LogP contribution in [0.4, 0.5) is 8.78 Å². The lowest BCUT2D eigenvalue weighted by Crippen LogP contribution is -2.31. The van der Waals surface area contributed by atoms with Crippen LogP contribution in [0.5, 0.6) is 11.5 Å². The number of thioether (sulfide) groups is 1. The van der Waals surface area contributed by atoms with Crippen molar-refractivity contribution in [1.82, 2.24) is 14.9 Å². The molecule has 164 valence electrons. The monoisotopic (exact) mass is 447 g/mol. The number of carbonyl (C=O) groups is 1. The zero-order valence-corrected chi connectivity index (χ0v) is 18.2. The molecule has 1 N–H and O–H groups in total. The Kier molecular flexibility index (Phi) is 7.51. The number of carbonyl (C=O) groups excluding carboxylic acids is 1. The third kappa shape index (κ3) is 5.97. The molecule has 0 aliphatic heterocycles. The molecule has 0 bridgehead atoms. The van der Waals surface area contributed by atoms with E-state index in [-0.39, 0.29) is 23.5 Å². The summed E-state index contributed by atoms with van der Waals surface area (Å²) in [6, 6.07) is 13.8. The van der Waals surface area contributed by atoms with Crippen molar-refractivity contribution in [3.8, 4) is 28.4 Å². The van der Waals surface area contributed by atoms with Gasteiger partial charge in [0.15, 0.2) is 5.16 Å². The number of benzene rings is 2. The fourth-order valence-corrected chi connectivity index (χ4v) is 3.73. The van der Waals surface area contributed by atoms with Crippen LogP contribution in [-0.2, 0) is 4.79 Å². The fraction of sp³-hybridized carbons (Fsp3) is 0.273. The maximum atomic E-state index is 12.5. The number of methoxy groups -OCH3 is 1. The number of alkyl halides is 2. The van der Waals surface area contributed by atoms with E-state index < -0.39 is 6.61 Å². The number of halogens is 2. The van der Waals surface area contributed by atoms with Crippen LogP contribution in [0.2, 0.25) is 0 Å². The summed E-state index contributed by atoms with van der Waals surface area (Å²) in [5, 5.41) is 3.45.